The first-order valence-corrected chi connectivity index (χ1v) is 4.77. The Hall–Kier alpha value is -1.42. The van der Waals surface area contributed by atoms with Gasteiger partial charge < -0.3 is 10.1 Å². The van der Waals surface area contributed by atoms with Gasteiger partial charge in [-0.05, 0) is 12.5 Å². The summed E-state index contributed by atoms with van der Waals surface area (Å²) in [5.41, 5.74) is 0.768. The second-order valence-electron chi connectivity index (χ2n) is 3.48. The summed E-state index contributed by atoms with van der Waals surface area (Å²) in [4.78, 5) is 2.70. The van der Waals surface area contributed by atoms with Crippen LogP contribution in [-0.2, 0) is 0 Å². The molecule has 0 radical (unpaired) electrons. The number of aromatic amines is 1. The van der Waals surface area contributed by atoms with Crippen molar-refractivity contribution < 1.29 is 13.9 Å². The van der Waals surface area contributed by atoms with Crippen LogP contribution in [0, 0.1) is 11.6 Å². The largest absolute Gasteiger partial charge is 0.388 e. The van der Waals surface area contributed by atoms with Crippen LogP contribution in [0.4, 0.5) is 8.78 Å². The Morgan fingerprint density at radius 1 is 1.40 bits per heavy atom. The maximum absolute atomic E-state index is 13.3. The highest BCUT2D eigenvalue weighted by atomic mass is 19.1. The number of nitrogens with one attached hydrogen (secondary N) is 1. The van der Waals surface area contributed by atoms with Gasteiger partial charge in [-0.1, -0.05) is 6.92 Å². The molecule has 0 fully saturated rings. The molecule has 4 heteroatoms. The van der Waals surface area contributed by atoms with E-state index in [2.05, 4.69) is 4.98 Å². The predicted octanol–water partition coefficient (Wildman–Crippen LogP) is 2.89. The van der Waals surface area contributed by atoms with Crippen LogP contribution < -0.4 is 0 Å². The van der Waals surface area contributed by atoms with E-state index in [-0.39, 0.29) is 5.52 Å². The molecule has 2 rings (SSSR count). The maximum Gasteiger partial charge on any atom is 0.150 e. The molecule has 2 N–H and O–H groups in total. The molecule has 0 aliphatic heterocycles. The highest BCUT2D eigenvalue weighted by molar-refractivity contribution is 5.84. The summed E-state index contributed by atoms with van der Waals surface area (Å²) >= 11 is 0. The number of aliphatic hydroxyl groups excluding tert-OH is 1. The molecule has 2 aromatic rings. The van der Waals surface area contributed by atoms with Crippen molar-refractivity contribution in [2.45, 2.75) is 19.4 Å². The van der Waals surface area contributed by atoms with Gasteiger partial charge in [-0.15, -0.1) is 0 Å². The van der Waals surface area contributed by atoms with Gasteiger partial charge in [0, 0.05) is 23.2 Å². The molecule has 0 bridgehead atoms. The monoisotopic (exact) mass is 211 g/mol. The fourth-order valence-electron chi connectivity index (χ4n) is 1.67. The summed E-state index contributed by atoms with van der Waals surface area (Å²) in [5, 5.41) is 10.0. The molecule has 0 saturated heterocycles. The number of rotatable bonds is 2. The van der Waals surface area contributed by atoms with Crippen molar-refractivity contribution in [2.75, 3.05) is 0 Å². The van der Waals surface area contributed by atoms with Gasteiger partial charge >= 0.3 is 0 Å². The number of hydrogen-bond donors (Lipinski definition) is 2. The fraction of sp³-hybridized carbons (Fsp3) is 0.273. The second kappa shape index (κ2) is 3.62. The highest BCUT2D eigenvalue weighted by Crippen LogP contribution is 2.28. The average Bonchev–Trinajstić information content (AvgIpc) is 2.60. The normalized spacial score (nSPS) is 13.3. The number of H-pyrrole nitrogens is 1. The van der Waals surface area contributed by atoms with Gasteiger partial charge in [0.1, 0.15) is 11.6 Å². The first-order valence-electron chi connectivity index (χ1n) is 4.77. The first kappa shape index (κ1) is 10.1. The van der Waals surface area contributed by atoms with Crippen molar-refractivity contribution in [1.82, 2.24) is 4.98 Å². The molecular formula is C11H11F2NO. The van der Waals surface area contributed by atoms with E-state index >= 15 is 0 Å². The molecule has 1 aromatic carbocycles. The van der Waals surface area contributed by atoms with Crippen LogP contribution in [0.25, 0.3) is 10.9 Å². The lowest BCUT2D eigenvalue weighted by Crippen LogP contribution is -1.93. The van der Waals surface area contributed by atoms with Crippen molar-refractivity contribution in [2.24, 2.45) is 0 Å². The quantitative estimate of drug-likeness (QED) is 0.787. The van der Waals surface area contributed by atoms with Crippen LogP contribution in [0.3, 0.4) is 0 Å². The Kier molecular flexibility index (Phi) is 2.44. The third-order valence-corrected chi connectivity index (χ3v) is 2.48. The molecule has 15 heavy (non-hydrogen) atoms. The van der Waals surface area contributed by atoms with Crippen LogP contribution >= 0.6 is 0 Å². The third kappa shape index (κ3) is 1.61. The summed E-state index contributed by atoms with van der Waals surface area (Å²) < 4.78 is 26.3. The average molecular weight is 211 g/mol. The summed E-state index contributed by atoms with van der Waals surface area (Å²) in [6, 6.07) is 2.05. The van der Waals surface area contributed by atoms with E-state index in [9.17, 15) is 13.9 Å². The number of benzene rings is 1. The molecule has 1 unspecified atom stereocenters. The number of halogens is 2. The van der Waals surface area contributed by atoms with Crippen molar-refractivity contribution in [3.63, 3.8) is 0 Å². The van der Waals surface area contributed by atoms with E-state index in [1.807, 2.05) is 0 Å². The van der Waals surface area contributed by atoms with Gasteiger partial charge in [0.05, 0.1) is 11.6 Å². The van der Waals surface area contributed by atoms with E-state index in [1.54, 1.807) is 6.92 Å². The van der Waals surface area contributed by atoms with Gasteiger partial charge in [-0.25, -0.2) is 8.78 Å². The van der Waals surface area contributed by atoms with E-state index in [1.165, 1.54) is 12.3 Å². The molecule has 80 valence electrons. The van der Waals surface area contributed by atoms with Crippen molar-refractivity contribution in [3.05, 3.63) is 35.5 Å². The van der Waals surface area contributed by atoms with E-state index in [0.717, 1.165) is 6.07 Å². The minimum Gasteiger partial charge on any atom is -0.388 e. The molecule has 2 nitrogen and oxygen atoms in total. The lowest BCUT2D eigenvalue weighted by atomic mass is 10.1. The van der Waals surface area contributed by atoms with Crippen LogP contribution in [0.15, 0.2) is 18.3 Å². The highest BCUT2D eigenvalue weighted by Gasteiger charge is 2.14. The van der Waals surface area contributed by atoms with Crippen LogP contribution in [0.5, 0.6) is 0 Å². The van der Waals surface area contributed by atoms with Crippen molar-refractivity contribution in [1.29, 1.82) is 0 Å². The molecule has 0 spiro atoms. The summed E-state index contributed by atoms with van der Waals surface area (Å²) in [7, 11) is 0. The minimum atomic E-state index is -0.694. The predicted molar refractivity (Wildman–Crippen MR) is 53.5 cm³/mol. The molecular weight excluding hydrogens is 200 g/mol. The molecule has 1 atom stereocenters. The van der Waals surface area contributed by atoms with Gasteiger partial charge in [-0.2, -0.15) is 0 Å². The zero-order valence-corrected chi connectivity index (χ0v) is 8.22. The SMILES string of the molecule is CCC(O)c1c[nH]c2c(F)cc(F)cc12. The Morgan fingerprint density at radius 3 is 2.80 bits per heavy atom. The van der Waals surface area contributed by atoms with Gasteiger partial charge in [0.15, 0.2) is 0 Å². The molecule has 0 saturated carbocycles. The minimum absolute atomic E-state index is 0.235. The number of aromatic nitrogens is 1. The van der Waals surface area contributed by atoms with Crippen LogP contribution in [-0.4, -0.2) is 10.1 Å². The standard InChI is InChI=1S/C11H11F2NO/c1-2-10(15)8-5-14-11-7(8)3-6(12)4-9(11)13/h3-5,10,14-15H,2H2,1H3. The lowest BCUT2D eigenvalue weighted by Gasteiger charge is -2.05. The fourth-order valence-corrected chi connectivity index (χ4v) is 1.67. The van der Waals surface area contributed by atoms with Gasteiger partial charge in [0.25, 0.3) is 0 Å². The smallest absolute Gasteiger partial charge is 0.150 e. The van der Waals surface area contributed by atoms with E-state index < -0.39 is 17.7 Å². The van der Waals surface area contributed by atoms with E-state index in [0.29, 0.717) is 17.4 Å². The summed E-state index contributed by atoms with van der Waals surface area (Å²) in [5.74, 6) is -1.27. The number of aliphatic hydroxyl groups is 1. The topological polar surface area (TPSA) is 36.0 Å². The third-order valence-electron chi connectivity index (χ3n) is 2.48. The van der Waals surface area contributed by atoms with Gasteiger partial charge in [0.2, 0.25) is 0 Å². The van der Waals surface area contributed by atoms with Gasteiger partial charge in [-0.3, -0.25) is 0 Å². The summed E-state index contributed by atoms with van der Waals surface area (Å²) in [6.07, 6.45) is 1.33. The Labute approximate surface area is 85.5 Å². The Morgan fingerprint density at radius 2 is 2.13 bits per heavy atom. The molecule has 0 amide bonds. The summed E-state index contributed by atoms with van der Waals surface area (Å²) in [6.45, 7) is 1.80. The van der Waals surface area contributed by atoms with Crippen molar-refractivity contribution >= 4 is 10.9 Å². The van der Waals surface area contributed by atoms with Crippen molar-refractivity contribution in [3.8, 4) is 0 Å². The lowest BCUT2D eigenvalue weighted by molar-refractivity contribution is 0.175. The molecule has 0 aliphatic rings. The Balaban J connectivity index is 2.68. The number of hydrogen-bond acceptors (Lipinski definition) is 1. The van der Waals surface area contributed by atoms with Crippen LogP contribution in [0.1, 0.15) is 25.0 Å². The first-order chi connectivity index (χ1) is 7.13. The molecule has 1 aromatic heterocycles. The molecule has 1 heterocycles. The maximum atomic E-state index is 13.3. The number of fused-ring (bicyclic) bond motifs is 1. The second-order valence-corrected chi connectivity index (χ2v) is 3.48. The van der Waals surface area contributed by atoms with E-state index in [4.69, 9.17) is 0 Å². The Bertz CT molecular complexity index is 493. The van der Waals surface area contributed by atoms with Crippen LogP contribution in [0.2, 0.25) is 0 Å². The zero-order chi connectivity index (χ0) is 11.0. The molecule has 0 aliphatic carbocycles. The zero-order valence-electron chi connectivity index (χ0n) is 8.22.